The molecular weight excluding hydrogens is 487 g/mol. The first-order valence-electron chi connectivity index (χ1n) is 11.4. The standard InChI is InChI=1S/C27H22F3N3O4/c1-2-37-26(34)16-11-22-17-25(32(31-22)23-12-14-24(15-13-23)33(35)36)20-5-3-18(4-6-20)19-7-9-21(10-8-19)27(28,29)30/h3-10,12-15,17H,2,11,16H2,1H3. The van der Waals surface area contributed by atoms with Crippen molar-refractivity contribution in [3.8, 4) is 28.1 Å². The topological polar surface area (TPSA) is 87.3 Å². The number of hydrogen-bond acceptors (Lipinski definition) is 5. The largest absolute Gasteiger partial charge is 0.466 e. The lowest BCUT2D eigenvalue weighted by atomic mass is 10.0. The highest BCUT2D eigenvalue weighted by Crippen LogP contribution is 2.32. The molecule has 0 bridgehead atoms. The van der Waals surface area contributed by atoms with Crippen LogP contribution < -0.4 is 0 Å². The Kier molecular flexibility index (Phi) is 7.37. The molecule has 0 saturated heterocycles. The first kappa shape index (κ1) is 25.6. The molecule has 0 aliphatic carbocycles. The molecule has 10 heteroatoms. The molecule has 1 aromatic heterocycles. The van der Waals surface area contributed by atoms with Gasteiger partial charge in [-0.25, -0.2) is 4.68 Å². The predicted molar refractivity (Wildman–Crippen MR) is 131 cm³/mol. The molecule has 0 spiro atoms. The maximum atomic E-state index is 12.9. The number of aryl methyl sites for hydroxylation is 1. The van der Waals surface area contributed by atoms with Crippen LogP contribution in [0, 0.1) is 10.1 Å². The van der Waals surface area contributed by atoms with Gasteiger partial charge < -0.3 is 4.74 Å². The third kappa shape index (κ3) is 6.03. The highest BCUT2D eigenvalue weighted by molar-refractivity contribution is 5.71. The van der Waals surface area contributed by atoms with Crippen molar-refractivity contribution in [1.82, 2.24) is 9.78 Å². The van der Waals surface area contributed by atoms with Gasteiger partial charge in [-0.3, -0.25) is 14.9 Å². The number of alkyl halides is 3. The van der Waals surface area contributed by atoms with E-state index in [1.807, 2.05) is 18.2 Å². The Bertz CT molecular complexity index is 1400. The van der Waals surface area contributed by atoms with Crippen molar-refractivity contribution >= 4 is 11.7 Å². The van der Waals surface area contributed by atoms with Crippen molar-refractivity contribution < 1.29 is 27.6 Å². The zero-order chi connectivity index (χ0) is 26.6. The Morgan fingerprint density at radius 2 is 1.51 bits per heavy atom. The second-order valence-electron chi connectivity index (χ2n) is 8.16. The summed E-state index contributed by atoms with van der Waals surface area (Å²) in [6, 6.07) is 19.9. The summed E-state index contributed by atoms with van der Waals surface area (Å²) in [5.41, 5.74) is 3.29. The number of benzene rings is 3. The number of nitro groups is 1. The number of hydrogen-bond donors (Lipinski definition) is 0. The lowest BCUT2D eigenvalue weighted by Gasteiger charge is -2.10. The molecule has 7 nitrogen and oxygen atoms in total. The third-order valence-corrected chi connectivity index (χ3v) is 5.68. The highest BCUT2D eigenvalue weighted by Gasteiger charge is 2.30. The van der Waals surface area contributed by atoms with Crippen molar-refractivity contribution in [2.24, 2.45) is 0 Å². The zero-order valence-electron chi connectivity index (χ0n) is 19.7. The van der Waals surface area contributed by atoms with Crippen molar-refractivity contribution in [2.75, 3.05) is 6.61 Å². The fraction of sp³-hybridized carbons (Fsp3) is 0.185. The maximum absolute atomic E-state index is 12.9. The Labute approximate surface area is 210 Å². The van der Waals surface area contributed by atoms with Crippen LogP contribution in [0.4, 0.5) is 18.9 Å². The van der Waals surface area contributed by atoms with E-state index in [0.717, 1.165) is 23.3 Å². The monoisotopic (exact) mass is 509 g/mol. The van der Waals surface area contributed by atoms with E-state index in [1.165, 1.54) is 24.3 Å². The van der Waals surface area contributed by atoms with Crippen LogP contribution in [-0.2, 0) is 22.1 Å². The second kappa shape index (κ2) is 10.7. The van der Waals surface area contributed by atoms with Crippen molar-refractivity contribution in [2.45, 2.75) is 25.9 Å². The second-order valence-corrected chi connectivity index (χ2v) is 8.16. The number of ether oxygens (including phenoxy) is 1. The summed E-state index contributed by atoms with van der Waals surface area (Å²) in [6.07, 6.45) is -3.91. The minimum absolute atomic E-state index is 0.0547. The summed E-state index contributed by atoms with van der Waals surface area (Å²) in [4.78, 5) is 22.4. The molecule has 37 heavy (non-hydrogen) atoms. The van der Waals surface area contributed by atoms with Gasteiger partial charge in [0.05, 0.1) is 40.6 Å². The van der Waals surface area contributed by atoms with E-state index in [4.69, 9.17) is 4.74 Å². The van der Waals surface area contributed by atoms with Crippen molar-refractivity contribution in [1.29, 1.82) is 0 Å². The number of nitro benzene ring substituents is 1. The van der Waals surface area contributed by atoms with Gasteiger partial charge in [0.1, 0.15) is 0 Å². The van der Waals surface area contributed by atoms with E-state index < -0.39 is 16.7 Å². The van der Waals surface area contributed by atoms with E-state index in [2.05, 4.69) is 5.10 Å². The van der Waals surface area contributed by atoms with Crippen molar-refractivity contribution in [3.63, 3.8) is 0 Å². The molecule has 190 valence electrons. The Morgan fingerprint density at radius 3 is 2.05 bits per heavy atom. The molecule has 0 saturated carbocycles. The number of carbonyl (C=O) groups excluding carboxylic acids is 1. The van der Waals surface area contributed by atoms with Crippen LogP contribution in [0.3, 0.4) is 0 Å². The van der Waals surface area contributed by atoms with E-state index in [1.54, 1.807) is 35.9 Å². The van der Waals surface area contributed by atoms with Crippen LogP contribution in [0.5, 0.6) is 0 Å². The molecule has 0 unspecified atom stereocenters. The SMILES string of the molecule is CCOC(=O)CCc1cc(-c2ccc(-c3ccc(C(F)(F)F)cc3)cc2)n(-c2ccc([N+](=O)[O-])cc2)n1. The third-order valence-electron chi connectivity index (χ3n) is 5.68. The van der Waals surface area contributed by atoms with E-state index >= 15 is 0 Å². The fourth-order valence-corrected chi connectivity index (χ4v) is 3.82. The first-order chi connectivity index (χ1) is 17.7. The van der Waals surface area contributed by atoms with E-state index in [-0.39, 0.29) is 24.7 Å². The quantitative estimate of drug-likeness (QED) is 0.151. The van der Waals surface area contributed by atoms with Gasteiger partial charge in [-0.05, 0) is 48.4 Å². The first-order valence-corrected chi connectivity index (χ1v) is 11.4. The number of non-ortho nitro benzene ring substituents is 1. The van der Waals surface area contributed by atoms with Crippen LogP contribution in [-0.4, -0.2) is 27.3 Å². The summed E-state index contributed by atoms with van der Waals surface area (Å²) >= 11 is 0. The fourth-order valence-electron chi connectivity index (χ4n) is 3.82. The van der Waals surface area contributed by atoms with Gasteiger partial charge in [0, 0.05) is 24.1 Å². The average molecular weight is 509 g/mol. The van der Waals surface area contributed by atoms with E-state index in [0.29, 0.717) is 29.1 Å². The van der Waals surface area contributed by atoms with Crippen LogP contribution in [0.15, 0.2) is 78.9 Å². The summed E-state index contributed by atoms with van der Waals surface area (Å²) < 4.78 is 45.2. The van der Waals surface area contributed by atoms with Gasteiger partial charge in [-0.1, -0.05) is 36.4 Å². The van der Waals surface area contributed by atoms with Gasteiger partial charge in [-0.15, -0.1) is 0 Å². The molecule has 0 N–H and O–H groups in total. The Morgan fingerprint density at radius 1 is 0.946 bits per heavy atom. The molecule has 0 fully saturated rings. The minimum atomic E-state index is -4.40. The predicted octanol–water partition coefficient (Wildman–Crippen LogP) is 6.63. The summed E-state index contributed by atoms with van der Waals surface area (Å²) in [5, 5.41) is 15.7. The van der Waals surface area contributed by atoms with Crippen LogP contribution in [0.1, 0.15) is 24.6 Å². The maximum Gasteiger partial charge on any atom is 0.416 e. The van der Waals surface area contributed by atoms with Gasteiger partial charge in [0.2, 0.25) is 0 Å². The number of aromatic nitrogens is 2. The molecule has 0 aliphatic rings. The lowest BCUT2D eigenvalue weighted by molar-refractivity contribution is -0.384. The number of carbonyl (C=O) groups is 1. The van der Waals surface area contributed by atoms with Gasteiger partial charge in [0.15, 0.2) is 0 Å². The average Bonchev–Trinajstić information content (AvgIpc) is 3.32. The normalized spacial score (nSPS) is 11.4. The molecule has 0 aliphatic heterocycles. The molecule has 1 heterocycles. The minimum Gasteiger partial charge on any atom is -0.466 e. The number of halogens is 3. The summed E-state index contributed by atoms with van der Waals surface area (Å²) in [5.74, 6) is -0.338. The molecule has 0 amide bonds. The molecule has 4 rings (SSSR count). The number of esters is 1. The summed E-state index contributed by atoms with van der Waals surface area (Å²) in [7, 11) is 0. The Hall–Kier alpha value is -4.47. The molecule has 3 aromatic carbocycles. The molecule has 0 atom stereocenters. The molecular formula is C27H22F3N3O4. The number of nitrogens with zero attached hydrogens (tertiary/aromatic N) is 3. The van der Waals surface area contributed by atoms with Crippen LogP contribution >= 0.6 is 0 Å². The molecule has 0 radical (unpaired) electrons. The summed E-state index contributed by atoms with van der Waals surface area (Å²) in [6.45, 7) is 2.01. The highest BCUT2D eigenvalue weighted by atomic mass is 19.4. The smallest absolute Gasteiger partial charge is 0.416 e. The zero-order valence-corrected chi connectivity index (χ0v) is 19.7. The lowest BCUT2D eigenvalue weighted by Crippen LogP contribution is -2.06. The van der Waals surface area contributed by atoms with Crippen molar-refractivity contribution in [3.05, 3.63) is 100 Å². The van der Waals surface area contributed by atoms with Crippen LogP contribution in [0.2, 0.25) is 0 Å². The Balaban J connectivity index is 1.66. The van der Waals surface area contributed by atoms with Gasteiger partial charge in [-0.2, -0.15) is 18.3 Å². The van der Waals surface area contributed by atoms with E-state index in [9.17, 15) is 28.1 Å². The van der Waals surface area contributed by atoms with Gasteiger partial charge >= 0.3 is 12.1 Å². The number of rotatable bonds is 8. The van der Waals surface area contributed by atoms with Gasteiger partial charge in [0.25, 0.3) is 5.69 Å². The van der Waals surface area contributed by atoms with Crippen LogP contribution in [0.25, 0.3) is 28.1 Å². The molecule has 4 aromatic rings.